The summed E-state index contributed by atoms with van der Waals surface area (Å²) in [5.41, 5.74) is 7.81. The van der Waals surface area contributed by atoms with E-state index in [4.69, 9.17) is 10.5 Å². The Morgan fingerprint density at radius 1 is 1.32 bits per heavy atom. The van der Waals surface area contributed by atoms with E-state index in [1.54, 1.807) is 7.11 Å². The van der Waals surface area contributed by atoms with Gasteiger partial charge in [-0.05, 0) is 67.2 Å². The molecule has 19 heavy (non-hydrogen) atoms. The maximum atomic E-state index is 5.97. The van der Waals surface area contributed by atoms with Gasteiger partial charge < -0.3 is 10.5 Å². The second-order valence-corrected chi connectivity index (χ2v) is 6.72. The van der Waals surface area contributed by atoms with Crippen LogP contribution in [0.4, 0.5) is 0 Å². The van der Waals surface area contributed by atoms with Crippen LogP contribution in [-0.4, -0.2) is 13.7 Å². The minimum absolute atomic E-state index is 0.467. The van der Waals surface area contributed by atoms with Crippen molar-refractivity contribution in [1.82, 2.24) is 0 Å². The topological polar surface area (TPSA) is 35.2 Å². The van der Waals surface area contributed by atoms with E-state index >= 15 is 0 Å². The highest BCUT2D eigenvalue weighted by atomic mass is 16.5. The summed E-state index contributed by atoms with van der Waals surface area (Å²) in [5, 5.41) is 0. The zero-order valence-corrected chi connectivity index (χ0v) is 12.5. The molecule has 0 heterocycles. The van der Waals surface area contributed by atoms with E-state index in [2.05, 4.69) is 32.0 Å². The zero-order chi connectivity index (χ0) is 13.9. The molecule has 0 aromatic heterocycles. The van der Waals surface area contributed by atoms with Crippen LogP contribution in [0.25, 0.3) is 0 Å². The van der Waals surface area contributed by atoms with Gasteiger partial charge in [0.05, 0.1) is 7.11 Å². The lowest BCUT2D eigenvalue weighted by Gasteiger charge is -2.40. The Bertz CT molecular complexity index is 413. The third-order valence-corrected chi connectivity index (χ3v) is 4.61. The first-order valence-corrected chi connectivity index (χ1v) is 7.37. The normalized spacial score (nSPS) is 26.1. The van der Waals surface area contributed by atoms with Gasteiger partial charge in [-0.3, -0.25) is 0 Å². The molecule has 2 unspecified atom stereocenters. The molecule has 0 bridgehead atoms. The van der Waals surface area contributed by atoms with Crippen molar-refractivity contribution in [3.05, 3.63) is 29.8 Å². The van der Waals surface area contributed by atoms with E-state index in [1.165, 1.54) is 24.8 Å². The monoisotopic (exact) mass is 261 g/mol. The van der Waals surface area contributed by atoms with E-state index in [0.717, 1.165) is 18.7 Å². The van der Waals surface area contributed by atoms with Crippen molar-refractivity contribution in [2.75, 3.05) is 13.7 Å². The Balaban J connectivity index is 2.09. The molecule has 2 heteroatoms. The van der Waals surface area contributed by atoms with Crippen molar-refractivity contribution < 1.29 is 4.74 Å². The van der Waals surface area contributed by atoms with Crippen LogP contribution < -0.4 is 10.5 Å². The molecule has 0 spiro atoms. The van der Waals surface area contributed by atoms with E-state index in [-0.39, 0.29) is 0 Å². The van der Waals surface area contributed by atoms with Crippen LogP contribution in [-0.2, 0) is 6.42 Å². The van der Waals surface area contributed by atoms with Crippen LogP contribution in [0.2, 0.25) is 0 Å². The first kappa shape index (κ1) is 14.4. The predicted octanol–water partition coefficient (Wildman–Crippen LogP) is 3.64. The van der Waals surface area contributed by atoms with Crippen molar-refractivity contribution in [2.24, 2.45) is 23.0 Å². The van der Waals surface area contributed by atoms with Gasteiger partial charge in [0, 0.05) is 0 Å². The fourth-order valence-corrected chi connectivity index (χ4v) is 3.44. The summed E-state index contributed by atoms with van der Waals surface area (Å²) in [6.45, 7) is 5.60. The predicted molar refractivity (Wildman–Crippen MR) is 80.4 cm³/mol. The lowest BCUT2D eigenvalue weighted by atomic mass is 9.65. The highest BCUT2D eigenvalue weighted by molar-refractivity contribution is 5.28. The molecule has 1 saturated carbocycles. The fraction of sp³-hybridized carbons (Fsp3) is 0.647. The number of hydrogen-bond donors (Lipinski definition) is 1. The quantitative estimate of drug-likeness (QED) is 0.898. The molecular weight excluding hydrogens is 234 g/mol. The van der Waals surface area contributed by atoms with Gasteiger partial charge in [-0.25, -0.2) is 0 Å². The van der Waals surface area contributed by atoms with Gasteiger partial charge in [0.2, 0.25) is 0 Å². The molecule has 0 amide bonds. The van der Waals surface area contributed by atoms with Gasteiger partial charge in [-0.15, -0.1) is 0 Å². The average Bonchev–Trinajstić information content (AvgIpc) is 2.38. The van der Waals surface area contributed by atoms with Crippen LogP contribution in [0, 0.1) is 17.3 Å². The number of hydrogen-bond acceptors (Lipinski definition) is 2. The van der Waals surface area contributed by atoms with E-state index in [0.29, 0.717) is 17.3 Å². The molecule has 1 aromatic rings. The standard InChI is InChI=1S/C17H27NO/c1-17(2)8-7-14(12-18)15(11-17)9-13-5-4-6-16(10-13)19-3/h4-6,10,14-15H,7-9,11-12,18H2,1-3H3. The summed E-state index contributed by atoms with van der Waals surface area (Å²) < 4.78 is 5.31. The number of ether oxygens (including phenoxy) is 1. The summed E-state index contributed by atoms with van der Waals surface area (Å²) in [6, 6.07) is 8.46. The third-order valence-electron chi connectivity index (χ3n) is 4.61. The number of benzene rings is 1. The highest BCUT2D eigenvalue weighted by Gasteiger charge is 2.33. The summed E-state index contributed by atoms with van der Waals surface area (Å²) in [6.07, 6.45) is 5.00. The number of rotatable bonds is 4. The largest absolute Gasteiger partial charge is 0.497 e. The van der Waals surface area contributed by atoms with Gasteiger partial charge in [-0.2, -0.15) is 0 Å². The Hall–Kier alpha value is -1.02. The smallest absolute Gasteiger partial charge is 0.119 e. The molecule has 2 N–H and O–H groups in total. The summed E-state index contributed by atoms with van der Waals surface area (Å²) >= 11 is 0. The molecule has 1 aliphatic carbocycles. The molecule has 0 saturated heterocycles. The van der Waals surface area contributed by atoms with Gasteiger partial charge in [0.15, 0.2) is 0 Å². The maximum absolute atomic E-state index is 5.97. The Morgan fingerprint density at radius 3 is 2.79 bits per heavy atom. The first-order chi connectivity index (χ1) is 9.04. The Kier molecular flexibility index (Phi) is 4.51. The van der Waals surface area contributed by atoms with Crippen LogP contribution in [0.3, 0.4) is 0 Å². The molecule has 106 valence electrons. The Morgan fingerprint density at radius 2 is 2.11 bits per heavy atom. The van der Waals surface area contributed by atoms with Gasteiger partial charge in [0.1, 0.15) is 5.75 Å². The summed E-state index contributed by atoms with van der Waals surface area (Å²) in [4.78, 5) is 0. The van der Waals surface area contributed by atoms with Crippen molar-refractivity contribution in [3.8, 4) is 5.75 Å². The lowest BCUT2D eigenvalue weighted by Crippen LogP contribution is -2.35. The molecule has 2 atom stereocenters. The average molecular weight is 261 g/mol. The molecule has 2 rings (SSSR count). The van der Waals surface area contributed by atoms with Crippen molar-refractivity contribution in [2.45, 2.75) is 39.5 Å². The van der Waals surface area contributed by atoms with Crippen LogP contribution in [0.15, 0.2) is 24.3 Å². The van der Waals surface area contributed by atoms with Crippen LogP contribution in [0.1, 0.15) is 38.7 Å². The van der Waals surface area contributed by atoms with Gasteiger partial charge in [-0.1, -0.05) is 26.0 Å². The maximum Gasteiger partial charge on any atom is 0.119 e. The lowest BCUT2D eigenvalue weighted by molar-refractivity contribution is 0.121. The first-order valence-electron chi connectivity index (χ1n) is 7.37. The van der Waals surface area contributed by atoms with Crippen LogP contribution in [0.5, 0.6) is 5.75 Å². The van der Waals surface area contributed by atoms with Crippen LogP contribution >= 0.6 is 0 Å². The number of methoxy groups -OCH3 is 1. The SMILES string of the molecule is COc1cccc(CC2CC(C)(C)CCC2CN)c1. The Labute approximate surface area is 117 Å². The zero-order valence-electron chi connectivity index (χ0n) is 12.5. The molecular formula is C17H27NO. The van der Waals surface area contributed by atoms with E-state index in [1.807, 2.05) is 6.07 Å². The van der Waals surface area contributed by atoms with Crippen molar-refractivity contribution in [1.29, 1.82) is 0 Å². The molecule has 1 aromatic carbocycles. The molecule has 2 nitrogen and oxygen atoms in total. The van der Waals surface area contributed by atoms with E-state index < -0.39 is 0 Å². The van der Waals surface area contributed by atoms with E-state index in [9.17, 15) is 0 Å². The minimum atomic E-state index is 0.467. The molecule has 1 aliphatic rings. The minimum Gasteiger partial charge on any atom is -0.497 e. The van der Waals surface area contributed by atoms with Crippen molar-refractivity contribution in [3.63, 3.8) is 0 Å². The molecule has 1 fully saturated rings. The third kappa shape index (κ3) is 3.73. The summed E-state index contributed by atoms with van der Waals surface area (Å²) in [5.74, 6) is 2.34. The number of nitrogens with two attached hydrogens (primary N) is 1. The highest BCUT2D eigenvalue weighted by Crippen LogP contribution is 2.42. The fourth-order valence-electron chi connectivity index (χ4n) is 3.44. The van der Waals surface area contributed by atoms with Gasteiger partial charge >= 0.3 is 0 Å². The van der Waals surface area contributed by atoms with Crippen molar-refractivity contribution >= 4 is 0 Å². The summed E-state index contributed by atoms with van der Waals surface area (Å²) in [7, 11) is 1.73. The van der Waals surface area contributed by atoms with Gasteiger partial charge in [0.25, 0.3) is 0 Å². The second kappa shape index (κ2) is 5.96. The molecule has 0 aliphatic heterocycles. The second-order valence-electron chi connectivity index (χ2n) is 6.72. The molecule has 0 radical (unpaired) electrons.